The fraction of sp³-hybridized carbons (Fsp3) is 1.00. The van der Waals surface area contributed by atoms with Gasteiger partial charge in [0.05, 0.1) is 10.1 Å². The van der Waals surface area contributed by atoms with Gasteiger partial charge in [-0.2, -0.15) is 0 Å². The second-order valence-corrected chi connectivity index (χ2v) is 7.01. The molecule has 0 radical (unpaired) electrons. The number of aliphatic hydroxyl groups is 1. The van der Waals surface area contributed by atoms with Crippen molar-refractivity contribution in [3.8, 4) is 0 Å². The molecule has 0 amide bonds. The third kappa shape index (κ3) is 67.5. The summed E-state index contributed by atoms with van der Waals surface area (Å²) in [7, 11) is -7.59. The van der Waals surface area contributed by atoms with Crippen LogP contribution in [0.1, 0.15) is 53.4 Å². The summed E-state index contributed by atoms with van der Waals surface area (Å²) >= 11 is 0. The Morgan fingerprint density at radius 2 is 1.20 bits per heavy atom. The Bertz CT molecular complexity index is 360. The molecule has 12 heteroatoms. The zero-order valence-electron chi connectivity index (χ0n) is 16.4. The maximum Gasteiger partial charge on any atom is 1.00 e. The summed E-state index contributed by atoms with van der Waals surface area (Å²) in [5.74, 6) is -0.201. The molecule has 0 heterocycles. The minimum atomic E-state index is -4.64. The number of rotatable bonds is 8. The van der Waals surface area contributed by atoms with Crippen molar-refractivity contribution in [1.29, 1.82) is 0 Å². The zero-order chi connectivity index (χ0) is 20.2. The Kier molecular flexibility index (Phi) is 36.7. The van der Waals surface area contributed by atoms with Crippen LogP contribution in [0.25, 0.3) is 0 Å². The minimum Gasteiger partial charge on any atom is -0.748 e. The molecule has 0 aliphatic heterocycles. The van der Waals surface area contributed by atoms with E-state index in [0.29, 0.717) is 6.42 Å². The summed E-state index contributed by atoms with van der Waals surface area (Å²) in [5, 5.41) is 7.00. The fourth-order valence-electron chi connectivity index (χ4n) is 1.38. The van der Waals surface area contributed by atoms with Gasteiger partial charge in [-0.05, 0) is 26.1 Å². The maximum absolute atomic E-state index is 10.0. The van der Waals surface area contributed by atoms with E-state index in [4.69, 9.17) is 24.4 Å². The molecule has 0 aromatic heterocycles. The predicted molar refractivity (Wildman–Crippen MR) is 94.6 cm³/mol. The third-order valence-corrected chi connectivity index (χ3v) is 3.38. The number of nitrogens with zero attached hydrogens (tertiary/aromatic N) is 1. The average molecular weight is 419 g/mol. The van der Waals surface area contributed by atoms with Crippen molar-refractivity contribution < 1.29 is 66.9 Å². The second-order valence-electron chi connectivity index (χ2n) is 4.46. The van der Waals surface area contributed by atoms with Crippen LogP contribution in [-0.2, 0) is 14.7 Å². The van der Waals surface area contributed by atoms with Crippen molar-refractivity contribution in [3.05, 3.63) is 0 Å². The molecule has 0 unspecified atom stereocenters. The largest absolute Gasteiger partial charge is 1.00 e. The molecular formula is C13H35NNaO8PS. The van der Waals surface area contributed by atoms with Gasteiger partial charge in [-0.1, -0.05) is 47.0 Å². The van der Waals surface area contributed by atoms with Gasteiger partial charge in [-0.3, -0.25) is 0 Å². The van der Waals surface area contributed by atoms with Gasteiger partial charge in [0.2, 0.25) is 0 Å². The van der Waals surface area contributed by atoms with Gasteiger partial charge in [0.15, 0.2) is 0 Å². The molecule has 0 aromatic rings. The number of phosphoric acid groups is 1. The number of hydrogen-bond acceptors (Lipinski definition) is 6. The van der Waals surface area contributed by atoms with E-state index in [1.54, 1.807) is 0 Å². The van der Waals surface area contributed by atoms with Gasteiger partial charge in [-0.25, -0.2) is 13.0 Å². The van der Waals surface area contributed by atoms with E-state index in [1.165, 1.54) is 19.6 Å². The van der Waals surface area contributed by atoms with E-state index < -0.39 is 17.9 Å². The number of aliphatic hydroxyl groups excluding tert-OH is 1. The van der Waals surface area contributed by atoms with E-state index in [1.807, 2.05) is 6.92 Å². The molecule has 0 spiro atoms. The van der Waals surface area contributed by atoms with Gasteiger partial charge in [0.25, 0.3) is 0 Å². The van der Waals surface area contributed by atoms with Crippen LogP contribution in [0.15, 0.2) is 0 Å². The topological polar surface area (TPSA) is 158 Å². The summed E-state index contributed by atoms with van der Waals surface area (Å²) in [4.78, 5) is 23.9. The molecule has 25 heavy (non-hydrogen) atoms. The molecule has 0 bridgehead atoms. The van der Waals surface area contributed by atoms with Crippen LogP contribution in [-0.4, -0.2) is 70.2 Å². The van der Waals surface area contributed by atoms with Crippen LogP contribution in [0, 0.1) is 0 Å². The normalized spacial score (nSPS) is 10.2. The molecule has 0 saturated carbocycles. The van der Waals surface area contributed by atoms with Gasteiger partial charge < -0.3 is 29.2 Å². The third-order valence-electron chi connectivity index (χ3n) is 2.59. The zero-order valence-corrected chi connectivity index (χ0v) is 20.1. The van der Waals surface area contributed by atoms with E-state index in [9.17, 15) is 13.0 Å². The summed E-state index contributed by atoms with van der Waals surface area (Å²) in [6, 6.07) is 0. The Morgan fingerprint density at radius 3 is 1.36 bits per heavy atom. The molecule has 0 saturated heterocycles. The Hall–Kier alpha value is 0.940. The standard InChI is InChI=1S/C6H15N.C6H14O3S.CH4O.Na.H3O4P/c1-4-7(5-2)6-3;1-2-3-4-5-6-10(7,8)9;1-2;;1-5(2,3)4/h4-6H2,1-3H3;2-6H2,1H3,(H,7,8,9);2H,1H3;;(H3,1,2,3,4)/q;;;+1;/p-1. The van der Waals surface area contributed by atoms with Crippen molar-refractivity contribution in [2.24, 2.45) is 0 Å². The van der Waals surface area contributed by atoms with E-state index in [-0.39, 0.29) is 35.3 Å². The molecule has 0 aliphatic rings. The monoisotopic (exact) mass is 419 g/mol. The SMILES string of the molecule is CCCCCCS(=O)(=O)[O-].CCN(CC)CC.CO.O=P(O)(O)O.[Na+]. The minimum absolute atomic E-state index is 0. The first-order valence-electron chi connectivity index (χ1n) is 7.80. The van der Waals surface area contributed by atoms with Crippen LogP contribution in [0.3, 0.4) is 0 Å². The van der Waals surface area contributed by atoms with Gasteiger partial charge in [-0.15, -0.1) is 0 Å². The Morgan fingerprint density at radius 1 is 0.880 bits per heavy atom. The quantitative estimate of drug-likeness (QED) is 0.153. The first-order valence-corrected chi connectivity index (χ1v) is 10.9. The van der Waals surface area contributed by atoms with Crippen molar-refractivity contribution in [2.45, 2.75) is 53.4 Å². The Balaban J connectivity index is -0.0000000785. The molecular weight excluding hydrogens is 384 g/mol. The molecule has 0 fully saturated rings. The van der Waals surface area contributed by atoms with Crippen molar-refractivity contribution in [3.63, 3.8) is 0 Å². The van der Waals surface area contributed by atoms with Gasteiger partial charge >= 0.3 is 37.4 Å². The predicted octanol–water partition coefficient (Wildman–Crippen LogP) is -1.86. The summed E-state index contributed by atoms with van der Waals surface area (Å²) in [6.07, 6.45) is 3.42. The Labute approximate surface area is 175 Å². The molecule has 4 N–H and O–H groups in total. The summed E-state index contributed by atoms with van der Waals surface area (Å²) < 4.78 is 39.0. The molecule has 0 aliphatic carbocycles. The van der Waals surface area contributed by atoms with Crippen LogP contribution in [0.2, 0.25) is 0 Å². The van der Waals surface area contributed by atoms with Gasteiger partial charge in [0.1, 0.15) is 0 Å². The number of hydrogen-bond donors (Lipinski definition) is 4. The fourth-order valence-corrected chi connectivity index (χ4v) is 1.93. The van der Waals surface area contributed by atoms with Crippen LogP contribution in [0.5, 0.6) is 0 Å². The summed E-state index contributed by atoms with van der Waals surface area (Å²) in [5.41, 5.74) is 0. The second kappa shape index (κ2) is 24.9. The van der Waals surface area contributed by atoms with Crippen molar-refractivity contribution >= 4 is 17.9 Å². The van der Waals surface area contributed by atoms with Crippen molar-refractivity contribution in [2.75, 3.05) is 32.5 Å². The molecule has 9 nitrogen and oxygen atoms in total. The van der Waals surface area contributed by atoms with E-state index >= 15 is 0 Å². The first kappa shape index (κ1) is 36.8. The smallest absolute Gasteiger partial charge is 0.748 e. The molecule has 0 atom stereocenters. The van der Waals surface area contributed by atoms with E-state index in [0.717, 1.165) is 26.4 Å². The molecule has 152 valence electrons. The van der Waals surface area contributed by atoms with Crippen LogP contribution < -0.4 is 29.6 Å². The molecule has 0 aromatic carbocycles. The average Bonchev–Trinajstić information content (AvgIpc) is 2.46. The summed E-state index contributed by atoms with van der Waals surface area (Å²) in [6.45, 7) is 12.2. The van der Waals surface area contributed by atoms with Crippen LogP contribution >= 0.6 is 7.82 Å². The van der Waals surface area contributed by atoms with Gasteiger partial charge in [0, 0.05) is 12.9 Å². The number of unbranched alkanes of at least 4 members (excludes halogenated alkanes) is 3. The maximum atomic E-state index is 10.0. The molecule has 0 rings (SSSR count). The van der Waals surface area contributed by atoms with E-state index in [2.05, 4.69) is 25.7 Å². The van der Waals surface area contributed by atoms with Crippen molar-refractivity contribution in [1.82, 2.24) is 4.90 Å². The first-order chi connectivity index (χ1) is 10.9. The van der Waals surface area contributed by atoms with Crippen LogP contribution in [0.4, 0.5) is 0 Å².